The molecule has 26 heavy (non-hydrogen) atoms. The molecule has 8 heteroatoms. The van der Waals surface area contributed by atoms with Crippen LogP contribution in [0.3, 0.4) is 0 Å². The van der Waals surface area contributed by atoms with Crippen LogP contribution in [0.15, 0.2) is 52.0 Å². The van der Waals surface area contributed by atoms with Crippen LogP contribution in [0.1, 0.15) is 11.3 Å². The number of phenols is 1. The predicted molar refractivity (Wildman–Crippen MR) is 109 cm³/mol. The van der Waals surface area contributed by atoms with Crippen molar-refractivity contribution in [1.29, 1.82) is 0 Å². The van der Waals surface area contributed by atoms with E-state index >= 15 is 0 Å². The van der Waals surface area contributed by atoms with Crippen LogP contribution < -0.4 is 5.43 Å². The highest BCUT2D eigenvalue weighted by molar-refractivity contribution is 9.10. The Hall–Kier alpha value is -2.15. The molecule has 1 aromatic heterocycles. The maximum absolute atomic E-state index is 9.94. The van der Waals surface area contributed by atoms with Crippen molar-refractivity contribution in [3.05, 3.63) is 68.2 Å². The normalized spacial score (nSPS) is 11.1. The molecule has 3 rings (SSSR count). The zero-order valence-corrected chi connectivity index (χ0v) is 16.6. The highest BCUT2D eigenvalue weighted by atomic mass is 79.9. The van der Waals surface area contributed by atoms with E-state index in [-0.39, 0.29) is 10.8 Å². The van der Waals surface area contributed by atoms with Gasteiger partial charge in [-0.25, -0.2) is 9.97 Å². The molecule has 0 spiro atoms. The zero-order valence-electron chi connectivity index (χ0n) is 13.5. The van der Waals surface area contributed by atoms with Gasteiger partial charge in [0.1, 0.15) is 5.75 Å². The molecular weight excluding hydrogens is 439 g/mol. The molecule has 0 saturated carbocycles. The van der Waals surface area contributed by atoms with Crippen molar-refractivity contribution in [2.75, 3.05) is 5.43 Å². The van der Waals surface area contributed by atoms with Gasteiger partial charge in [0.2, 0.25) is 0 Å². The van der Waals surface area contributed by atoms with Gasteiger partial charge in [-0.3, -0.25) is 5.43 Å². The number of aryl methyl sites for hydroxylation is 1. The molecule has 0 aliphatic carbocycles. The van der Waals surface area contributed by atoms with Crippen molar-refractivity contribution in [2.45, 2.75) is 6.92 Å². The van der Waals surface area contributed by atoms with E-state index in [0.717, 1.165) is 15.7 Å². The first-order chi connectivity index (χ1) is 12.4. The summed E-state index contributed by atoms with van der Waals surface area (Å²) in [6.07, 6.45) is 1.42. The number of halogens is 3. The maximum Gasteiger partial charge on any atom is 0.161 e. The topological polar surface area (TPSA) is 70.4 Å². The fraction of sp³-hybridized carbons (Fsp3) is 0.0556. The van der Waals surface area contributed by atoms with Crippen LogP contribution >= 0.6 is 39.1 Å². The number of nitrogens with zero attached hydrogens (tertiary/aromatic N) is 3. The molecule has 132 valence electrons. The summed E-state index contributed by atoms with van der Waals surface area (Å²) in [5, 5.41) is 14.6. The Morgan fingerprint density at radius 1 is 1.12 bits per heavy atom. The van der Waals surface area contributed by atoms with E-state index in [0.29, 0.717) is 22.2 Å². The minimum atomic E-state index is -0.0870. The molecule has 0 radical (unpaired) electrons. The second-order valence-electron chi connectivity index (χ2n) is 5.42. The number of aromatic hydroxyl groups is 1. The second-order valence-corrected chi connectivity index (χ2v) is 7.18. The summed E-state index contributed by atoms with van der Waals surface area (Å²) < 4.78 is 0.983. The highest BCUT2D eigenvalue weighted by Crippen LogP contribution is 2.30. The molecule has 0 unspecified atom stereocenters. The average molecular weight is 452 g/mol. The lowest BCUT2D eigenvalue weighted by atomic mass is 10.2. The molecule has 5 nitrogen and oxygen atoms in total. The summed E-state index contributed by atoms with van der Waals surface area (Å²) >= 11 is 15.2. The van der Waals surface area contributed by atoms with Crippen molar-refractivity contribution in [3.8, 4) is 17.1 Å². The number of hydrogen-bond acceptors (Lipinski definition) is 5. The van der Waals surface area contributed by atoms with Crippen molar-refractivity contribution in [3.63, 3.8) is 0 Å². The van der Waals surface area contributed by atoms with E-state index in [9.17, 15) is 5.11 Å². The van der Waals surface area contributed by atoms with E-state index in [4.69, 9.17) is 23.2 Å². The first kappa shape index (κ1) is 18.6. The van der Waals surface area contributed by atoms with Gasteiger partial charge in [-0.1, -0.05) is 51.3 Å². The fourth-order valence-electron chi connectivity index (χ4n) is 2.21. The lowest BCUT2D eigenvalue weighted by molar-refractivity contribution is 0.475. The van der Waals surface area contributed by atoms with Gasteiger partial charge in [-0.2, -0.15) is 5.10 Å². The van der Waals surface area contributed by atoms with Crippen molar-refractivity contribution < 1.29 is 5.11 Å². The van der Waals surface area contributed by atoms with E-state index in [1.165, 1.54) is 12.3 Å². The number of aromatic nitrogens is 2. The maximum atomic E-state index is 9.94. The Morgan fingerprint density at radius 2 is 1.85 bits per heavy atom. The SMILES string of the molecule is Cc1cc(NN=Cc2cc(Cl)cc(Cl)c2O)nc(-c2ccc(Br)cc2)n1. The molecule has 0 aliphatic rings. The third-order valence-electron chi connectivity index (χ3n) is 3.40. The minimum absolute atomic E-state index is 0.0870. The third-order valence-corrected chi connectivity index (χ3v) is 4.43. The van der Waals surface area contributed by atoms with Crippen LogP contribution in [-0.4, -0.2) is 21.3 Å². The van der Waals surface area contributed by atoms with E-state index < -0.39 is 0 Å². The Labute approximate surface area is 168 Å². The molecule has 1 heterocycles. The molecule has 3 aromatic rings. The third kappa shape index (κ3) is 4.52. The van der Waals surface area contributed by atoms with Gasteiger partial charge in [-0.05, 0) is 31.2 Å². The first-order valence-corrected chi connectivity index (χ1v) is 9.06. The van der Waals surface area contributed by atoms with Crippen LogP contribution in [0.25, 0.3) is 11.4 Å². The van der Waals surface area contributed by atoms with Crippen molar-refractivity contribution in [1.82, 2.24) is 9.97 Å². The number of hydrazone groups is 1. The van der Waals surface area contributed by atoms with E-state index in [1.54, 1.807) is 12.1 Å². The Kier molecular flexibility index (Phi) is 5.76. The molecule has 0 aliphatic heterocycles. The quantitative estimate of drug-likeness (QED) is 0.395. The Balaban J connectivity index is 1.83. The number of phenolic OH excluding ortho intramolecular Hbond substituents is 1. The van der Waals surface area contributed by atoms with E-state index in [2.05, 4.69) is 36.4 Å². The Morgan fingerprint density at radius 3 is 2.58 bits per heavy atom. The minimum Gasteiger partial charge on any atom is -0.506 e. The lowest BCUT2D eigenvalue weighted by Crippen LogP contribution is -1.99. The van der Waals surface area contributed by atoms with Crippen LogP contribution in [-0.2, 0) is 0 Å². The van der Waals surface area contributed by atoms with Gasteiger partial charge in [0.25, 0.3) is 0 Å². The van der Waals surface area contributed by atoms with Gasteiger partial charge in [0.05, 0.1) is 11.2 Å². The largest absolute Gasteiger partial charge is 0.506 e. The second kappa shape index (κ2) is 8.03. The van der Waals surface area contributed by atoms with Crippen LogP contribution in [0.5, 0.6) is 5.75 Å². The summed E-state index contributed by atoms with van der Waals surface area (Å²) in [5.41, 5.74) is 4.92. The summed E-state index contributed by atoms with van der Waals surface area (Å²) in [7, 11) is 0. The standard InChI is InChI=1S/C18H13BrCl2N4O/c1-10-6-16(24-18(23-10)11-2-4-13(19)5-3-11)25-22-9-12-7-14(20)8-15(21)17(12)26/h2-9,26H,1H3,(H,23,24,25). The van der Waals surface area contributed by atoms with Crippen LogP contribution in [0.4, 0.5) is 5.82 Å². The number of rotatable bonds is 4. The number of nitrogens with one attached hydrogen (secondary N) is 1. The van der Waals surface area contributed by atoms with Gasteiger partial charge >= 0.3 is 0 Å². The number of anilines is 1. The molecule has 0 bridgehead atoms. The summed E-state index contributed by atoms with van der Waals surface area (Å²) in [6, 6.07) is 12.5. The number of hydrogen-bond donors (Lipinski definition) is 2. The molecule has 2 aromatic carbocycles. The molecular formula is C18H13BrCl2N4O. The smallest absolute Gasteiger partial charge is 0.161 e. The van der Waals surface area contributed by atoms with Crippen molar-refractivity contribution in [2.24, 2.45) is 5.10 Å². The monoisotopic (exact) mass is 450 g/mol. The first-order valence-electron chi connectivity index (χ1n) is 7.51. The summed E-state index contributed by atoms with van der Waals surface area (Å²) in [4.78, 5) is 8.90. The molecule has 2 N–H and O–H groups in total. The summed E-state index contributed by atoms with van der Waals surface area (Å²) in [5.74, 6) is 1.03. The fourth-order valence-corrected chi connectivity index (χ4v) is 2.98. The predicted octanol–water partition coefficient (Wildman–Crippen LogP) is 5.67. The van der Waals surface area contributed by atoms with Crippen LogP contribution in [0.2, 0.25) is 10.0 Å². The molecule has 0 fully saturated rings. The van der Waals surface area contributed by atoms with E-state index in [1.807, 2.05) is 31.2 Å². The average Bonchev–Trinajstić information content (AvgIpc) is 2.59. The van der Waals surface area contributed by atoms with Gasteiger partial charge in [-0.15, -0.1) is 0 Å². The van der Waals surface area contributed by atoms with Gasteiger partial charge in [0, 0.05) is 32.4 Å². The Bertz CT molecular complexity index is 978. The van der Waals surface area contributed by atoms with Crippen molar-refractivity contribution >= 4 is 51.2 Å². The number of benzene rings is 2. The van der Waals surface area contributed by atoms with Gasteiger partial charge < -0.3 is 5.11 Å². The molecule has 0 amide bonds. The zero-order chi connectivity index (χ0) is 18.7. The highest BCUT2D eigenvalue weighted by Gasteiger charge is 2.07. The molecule has 0 saturated heterocycles. The lowest BCUT2D eigenvalue weighted by Gasteiger charge is -2.06. The van der Waals surface area contributed by atoms with Crippen LogP contribution in [0, 0.1) is 6.92 Å². The van der Waals surface area contributed by atoms with Gasteiger partial charge in [0.15, 0.2) is 11.6 Å². The molecule has 0 atom stereocenters. The summed E-state index contributed by atoms with van der Waals surface area (Å²) in [6.45, 7) is 1.88.